The highest BCUT2D eigenvalue weighted by Gasteiger charge is 2.32. The molecule has 0 saturated carbocycles. The predicted octanol–water partition coefficient (Wildman–Crippen LogP) is 3.36. The van der Waals surface area contributed by atoms with Crippen LogP contribution in [0.25, 0.3) is 0 Å². The van der Waals surface area contributed by atoms with Gasteiger partial charge in [0, 0.05) is 19.1 Å². The van der Waals surface area contributed by atoms with Crippen LogP contribution in [0.15, 0.2) is 36.4 Å². The van der Waals surface area contributed by atoms with E-state index < -0.39 is 0 Å². The van der Waals surface area contributed by atoms with E-state index in [1.165, 1.54) is 22.3 Å². The molecule has 4 rings (SSSR count). The van der Waals surface area contributed by atoms with Gasteiger partial charge in [-0.1, -0.05) is 24.3 Å². The third-order valence-electron chi connectivity index (χ3n) is 5.02. The van der Waals surface area contributed by atoms with Crippen LogP contribution in [-0.4, -0.2) is 25.7 Å². The molecule has 114 valence electrons. The highest BCUT2D eigenvalue weighted by atomic mass is 16.5. The van der Waals surface area contributed by atoms with Crippen LogP contribution >= 0.6 is 0 Å². The van der Waals surface area contributed by atoms with Crippen molar-refractivity contribution in [2.75, 3.05) is 20.8 Å². The van der Waals surface area contributed by atoms with Crippen molar-refractivity contribution in [3.8, 4) is 11.5 Å². The van der Waals surface area contributed by atoms with Crippen LogP contribution in [0.5, 0.6) is 11.5 Å². The monoisotopic (exact) mass is 295 g/mol. The lowest BCUT2D eigenvalue weighted by Gasteiger charge is -2.41. The second-order valence-electron chi connectivity index (χ2n) is 6.12. The van der Waals surface area contributed by atoms with Gasteiger partial charge in [0.15, 0.2) is 11.5 Å². The Kier molecular flexibility index (Phi) is 3.30. The summed E-state index contributed by atoms with van der Waals surface area (Å²) in [6.07, 6.45) is 2.20. The maximum atomic E-state index is 5.47. The van der Waals surface area contributed by atoms with E-state index in [1.807, 2.05) is 0 Å². The van der Waals surface area contributed by atoms with E-state index in [9.17, 15) is 0 Å². The molecule has 0 saturated heterocycles. The van der Waals surface area contributed by atoms with E-state index in [0.29, 0.717) is 6.04 Å². The summed E-state index contributed by atoms with van der Waals surface area (Å²) < 4.78 is 10.9. The summed E-state index contributed by atoms with van der Waals surface area (Å²) in [6.45, 7) is 2.13. The molecular weight excluding hydrogens is 274 g/mol. The van der Waals surface area contributed by atoms with E-state index >= 15 is 0 Å². The molecule has 0 fully saturated rings. The molecule has 3 heteroatoms. The molecule has 2 aromatic rings. The van der Waals surface area contributed by atoms with Gasteiger partial charge in [0.2, 0.25) is 0 Å². The summed E-state index contributed by atoms with van der Waals surface area (Å²) in [4.78, 5) is 2.59. The molecule has 3 nitrogen and oxygen atoms in total. The lowest BCUT2D eigenvalue weighted by Crippen LogP contribution is -2.39. The first-order valence-electron chi connectivity index (χ1n) is 7.86. The average Bonchev–Trinajstić information content (AvgIpc) is 2.58. The molecule has 0 amide bonds. The van der Waals surface area contributed by atoms with Gasteiger partial charge in [0.25, 0.3) is 0 Å². The molecule has 2 aromatic carbocycles. The third kappa shape index (κ3) is 2.08. The number of ether oxygens (including phenoxy) is 2. The number of methoxy groups -OCH3 is 2. The lowest BCUT2D eigenvalue weighted by molar-refractivity contribution is 0.160. The van der Waals surface area contributed by atoms with Crippen molar-refractivity contribution in [1.29, 1.82) is 0 Å². The Hall–Kier alpha value is -2.00. The molecule has 1 atom stereocenters. The van der Waals surface area contributed by atoms with Gasteiger partial charge < -0.3 is 9.47 Å². The summed E-state index contributed by atoms with van der Waals surface area (Å²) in [6, 6.07) is 13.7. The predicted molar refractivity (Wildman–Crippen MR) is 86.5 cm³/mol. The highest BCUT2D eigenvalue weighted by molar-refractivity contribution is 5.49. The summed E-state index contributed by atoms with van der Waals surface area (Å²) in [5.41, 5.74) is 5.76. The zero-order valence-electron chi connectivity index (χ0n) is 13.1. The molecule has 2 aliphatic rings. The van der Waals surface area contributed by atoms with Crippen LogP contribution in [0.3, 0.4) is 0 Å². The molecule has 0 N–H and O–H groups in total. The fourth-order valence-electron chi connectivity index (χ4n) is 3.86. The number of nitrogens with zero attached hydrogens (tertiary/aromatic N) is 1. The minimum absolute atomic E-state index is 0.496. The van der Waals surface area contributed by atoms with E-state index in [2.05, 4.69) is 41.3 Å². The topological polar surface area (TPSA) is 21.7 Å². The molecule has 22 heavy (non-hydrogen) atoms. The van der Waals surface area contributed by atoms with Gasteiger partial charge in [-0.25, -0.2) is 0 Å². The smallest absolute Gasteiger partial charge is 0.161 e. The minimum Gasteiger partial charge on any atom is -0.493 e. The van der Waals surface area contributed by atoms with E-state index in [0.717, 1.165) is 37.4 Å². The van der Waals surface area contributed by atoms with Crippen LogP contribution < -0.4 is 9.47 Å². The number of benzene rings is 2. The van der Waals surface area contributed by atoms with Crippen molar-refractivity contribution in [3.63, 3.8) is 0 Å². The third-order valence-corrected chi connectivity index (χ3v) is 5.02. The number of hydrogen-bond donors (Lipinski definition) is 0. The van der Waals surface area contributed by atoms with Crippen molar-refractivity contribution in [1.82, 2.24) is 4.90 Å². The van der Waals surface area contributed by atoms with Crippen LogP contribution in [0.2, 0.25) is 0 Å². The first-order valence-corrected chi connectivity index (χ1v) is 7.86. The summed E-state index contributed by atoms with van der Waals surface area (Å²) in [5.74, 6) is 1.66. The molecule has 2 heterocycles. The highest BCUT2D eigenvalue weighted by Crippen LogP contribution is 2.41. The van der Waals surface area contributed by atoms with Gasteiger partial charge in [-0.15, -0.1) is 0 Å². The molecule has 0 unspecified atom stereocenters. The standard InChI is InChI=1S/C19H21NO2/c1-21-18-10-14-9-17-16-6-4-3-5-13(16)7-8-20(17)12-15(14)11-19(18)22-2/h3-6,10-11,17H,7-9,12H2,1-2H3/t17-/m0/s1. The Bertz CT molecular complexity index is 711. The van der Waals surface area contributed by atoms with Gasteiger partial charge in [-0.2, -0.15) is 0 Å². The Balaban J connectivity index is 1.75. The molecule has 0 radical (unpaired) electrons. The van der Waals surface area contributed by atoms with Gasteiger partial charge in [-0.3, -0.25) is 4.90 Å². The number of fused-ring (bicyclic) bond motifs is 4. The minimum atomic E-state index is 0.496. The zero-order valence-corrected chi connectivity index (χ0v) is 13.1. The molecular formula is C19H21NO2. The molecule has 0 aromatic heterocycles. The quantitative estimate of drug-likeness (QED) is 0.848. The molecule has 0 aliphatic carbocycles. The summed E-state index contributed by atoms with van der Waals surface area (Å²) in [7, 11) is 3.41. The molecule has 0 spiro atoms. The van der Waals surface area contributed by atoms with Crippen LogP contribution in [0.4, 0.5) is 0 Å². The number of rotatable bonds is 2. The Labute approximate surface area is 131 Å². The maximum absolute atomic E-state index is 5.47. The van der Waals surface area contributed by atoms with Crippen molar-refractivity contribution in [3.05, 3.63) is 58.7 Å². The second-order valence-corrected chi connectivity index (χ2v) is 6.12. The zero-order chi connectivity index (χ0) is 15.1. The summed E-state index contributed by atoms with van der Waals surface area (Å²) >= 11 is 0. The van der Waals surface area contributed by atoms with Gasteiger partial charge in [0.1, 0.15) is 0 Å². The van der Waals surface area contributed by atoms with Crippen LogP contribution in [-0.2, 0) is 19.4 Å². The largest absolute Gasteiger partial charge is 0.493 e. The second kappa shape index (κ2) is 5.33. The van der Waals surface area contributed by atoms with Crippen LogP contribution in [0.1, 0.15) is 28.3 Å². The van der Waals surface area contributed by atoms with E-state index in [-0.39, 0.29) is 0 Å². The Morgan fingerprint density at radius 3 is 2.45 bits per heavy atom. The number of hydrogen-bond acceptors (Lipinski definition) is 3. The van der Waals surface area contributed by atoms with Crippen molar-refractivity contribution in [2.24, 2.45) is 0 Å². The van der Waals surface area contributed by atoms with Gasteiger partial charge >= 0.3 is 0 Å². The molecule has 2 aliphatic heterocycles. The van der Waals surface area contributed by atoms with E-state index in [4.69, 9.17) is 9.47 Å². The maximum Gasteiger partial charge on any atom is 0.161 e. The Morgan fingerprint density at radius 1 is 0.955 bits per heavy atom. The first kappa shape index (κ1) is 13.6. The average molecular weight is 295 g/mol. The SMILES string of the molecule is COc1cc2c(cc1OC)CN1CCc3ccccc3[C@@H]1C2. The molecule has 0 bridgehead atoms. The first-order chi connectivity index (χ1) is 10.8. The lowest BCUT2D eigenvalue weighted by atomic mass is 9.84. The fourth-order valence-corrected chi connectivity index (χ4v) is 3.86. The van der Waals surface area contributed by atoms with Gasteiger partial charge in [-0.05, 0) is 47.2 Å². The Morgan fingerprint density at radius 2 is 1.68 bits per heavy atom. The summed E-state index contributed by atoms with van der Waals surface area (Å²) in [5, 5.41) is 0. The van der Waals surface area contributed by atoms with Crippen molar-refractivity contribution < 1.29 is 9.47 Å². The normalized spacial score (nSPS) is 19.8. The fraction of sp³-hybridized carbons (Fsp3) is 0.368. The van der Waals surface area contributed by atoms with Gasteiger partial charge in [0.05, 0.1) is 14.2 Å². The van der Waals surface area contributed by atoms with Crippen molar-refractivity contribution >= 4 is 0 Å². The van der Waals surface area contributed by atoms with Crippen LogP contribution in [0, 0.1) is 0 Å². The van der Waals surface area contributed by atoms with Crippen molar-refractivity contribution in [2.45, 2.75) is 25.4 Å². The van der Waals surface area contributed by atoms with E-state index in [1.54, 1.807) is 14.2 Å².